The first-order valence-electron chi connectivity index (χ1n) is 7.96. The molecule has 1 unspecified atom stereocenters. The molecule has 128 valence electrons. The molecule has 2 aromatic rings. The molecule has 1 fully saturated rings. The van der Waals surface area contributed by atoms with Crippen molar-refractivity contribution in [3.8, 4) is 11.1 Å². The second kappa shape index (κ2) is 7.77. The Bertz CT molecular complexity index is 714. The molecule has 3 nitrogen and oxygen atoms in total. The molecule has 3 rings (SSSR count). The first-order valence-corrected chi connectivity index (χ1v) is 7.96. The SMILES string of the molecule is Cc1ccc(-c2ccc(C(=O)NC(CN)C3CC3)c(F)c2)cc1.Cl. The third kappa shape index (κ3) is 4.13. The molecule has 0 saturated heterocycles. The number of benzene rings is 2. The number of nitrogens with one attached hydrogen (secondary N) is 1. The Morgan fingerprint density at radius 2 is 1.83 bits per heavy atom. The summed E-state index contributed by atoms with van der Waals surface area (Å²) in [5, 5.41) is 2.85. The Morgan fingerprint density at radius 3 is 2.38 bits per heavy atom. The molecule has 24 heavy (non-hydrogen) atoms. The van der Waals surface area contributed by atoms with Crippen molar-refractivity contribution >= 4 is 18.3 Å². The van der Waals surface area contributed by atoms with Gasteiger partial charge in [0, 0.05) is 12.6 Å². The van der Waals surface area contributed by atoms with Gasteiger partial charge < -0.3 is 11.1 Å². The van der Waals surface area contributed by atoms with Gasteiger partial charge in [-0.3, -0.25) is 4.79 Å². The van der Waals surface area contributed by atoms with E-state index in [4.69, 9.17) is 5.73 Å². The molecule has 1 aliphatic rings. The number of nitrogens with two attached hydrogens (primary N) is 1. The number of halogens is 2. The highest BCUT2D eigenvalue weighted by Gasteiger charge is 2.31. The van der Waals surface area contributed by atoms with Gasteiger partial charge in [0.05, 0.1) is 5.56 Å². The molecule has 0 bridgehead atoms. The topological polar surface area (TPSA) is 55.1 Å². The summed E-state index contributed by atoms with van der Waals surface area (Å²) in [5.41, 5.74) is 8.59. The average Bonchev–Trinajstić information content (AvgIpc) is 3.37. The number of amides is 1. The normalized spacial score (nSPS) is 14.6. The lowest BCUT2D eigenvalue weighted by Crippen LogP contribution is -2.42. The van der Waals surface area contributed by atoms with Gasteiger partial charge in [-0.2, -0.15) is 0 Å². The number of aryl methyl sites for hydroxylation is 1. The maximum atomic E-state index is 14.3. The summed E-state index contributed by atoms with van der Waals surface area (Å²) in [6.07, 6.45) is 2.16. The van der Waals surface area contributed by atoms with Crippen LogP contribution in [0.1, 0.15) is 28.8 Å². The van der Waals surface area contributed by atoms with E-state index in [-0.39, 0.29) is 29.9 Å². The van der Waals surface area contributed by atoms with Crippen LogP contribution in [-0.4, -0.2) is 18.5 Å². The third-order valence-corrected chi connectivity index (χ3v) is 4.36. The number of hydrogen-bond acceptors (Lipinski definition) is 2. The fraction of sp³-hybridized carbons (Fsp3) is 0.316. The minimum atomic E-state index is -0.507. The standard InChI is InChI=1S/C19H21FN2O.ClH/c1-12-2-4-13(5-3-12)15-8-9-16(17(20)10-15)19(23)22-18(11-21)14-6-7-14;/h2-5,8-10,14,18H,6-7,11,21H2,1H3,(H,22,23);1H. The Labute approximate surface area is 147 Å². The molecular weight excluding hydrogens is 327 g/mol. The molecular formula is C19H22ClFN2O. The van der Waals surface area contributed by atoms with Gasteiger partial charge in [0.25, 0.3) is 5.91 Å². The predicted molar refractivity (Wildman–Crippen MR) is 96.9 cm³/mol. The molecule has 1 aliphatic carbocycles. The first-order chi connectivity index (χ1) is 11.1. The second-order valence-corrected chi connectivity index (χ2v) is 6.21. The first kappa shape index (κ1) is 18.4. The fourth-order valence-electron chi connectivity index (χ4n) is 2.74. The lowest BCUT2D eigenvalue weighted by molar-refractivity contribution is 0.0929. The van der Waals surface area contributed by atoms with Crippen LogP contribution in [-0.2, 0) is 0 Å². The van der Waals surface area contributed by atoms with Crippen LogP contribution in [0, 0.1) is 18.7 Å². The minimum absolute atomic E-state index is 0. The Hall–Kier alpha value is -1.91. The van der Waals surface area contributed by atoms with Crippen molar-refractivity contribution in [1.82, 2.24) is 5.32 Å². The van der Waals surface area contributed by atoms with Gasteiger partial charge in [0.1, 0.15) is 5.82 Å². The molecule has 1 amide bonds. The molecule has 0 aromatic heterocycles. The van der Waals surface area contributed by atoms with Crippen molar-refractivity contribution in [1.29, 1.82) is 0 Å². The van der Waals surface area contributed by atoms with E-state index in [0.29, 0.717) is 12.5 Å². The van der Waals surface area contributed by atoms with Gasteiger partial charge in [-0.15, -0.1) is 12.4 Å². The molecule has 0 radical (unpaired) electrons. The quantitative estimate of drug-likeness (QED) is 0.865. The van der Waals surface area contributed by atoms with Gasteiger partial charge >= 0.3 is 0 Å². The Kier molecular flexibility index (Phi) is 5.97. The zero-order valence-corrected chi connectivity index (χ0v) is 14.4. The minimum Gasteiger partial charge on any atom is -0.348 e. The summed E-state index contributed by atoms with van der Waals surface area (Å²) in [4.78, 5) is 12.3. The Balaban J connectivity index is 0.00000208. The summed E-state index contributed by atoms with van der Waals surface area (Å²) in [6, 6.07) is 12.5. The maximum absolute atomic E-state index is 14.3. The third-order valence-electron chi connectivity index (χ3n) is 4.36. The van der Waals surface area contributed by atoms with Crippen molar-refractivity contribution in [2.24, 2.45) is 11.7 Å². The summed E-state index contributed by atoms with van der Waals surface area (Å²) in [6.45, 7) is 2.39. The average molecular weight is 349 g/mol. The largest absolute Gasteiger partial charge is 0.348 e. The van der Waals surface area contributed by atoms with Crippen LogP contribution < -0.4 is 11.1 Å². The smallest absolute Gasteiger partial charge is 0.254 e. The fourth-order valence-corrected chi connectivity index (χ4v) is 2.74. The highest BCUT2D eigenvalue weighted by Crippen LogP contribution is 2.32. The molecule has 1 saturated carbocycles. The molecule has 2 aromatic carbocycles. The zero-order valence-electron chi connectivity index (χ0n) is 13.6. The van der Waals surface area contributed by atoms with E-state index in [1.165, 1.54) is 6.07 Å². The molecule has 1 atom stereocenters. The molecule has 0 aliphatic heterocycles. The van der Waals surface area contributed by atoms with Crippen LogP contribution in [0.4, 0.5) is 4.39 Å². The number of hydrogen-bond donors (Lipinski definition) is 2. The zero-order chi connectivity index (χ0) is 16.4. The van der Waals surface area contributed by atoms with Crippen LogP contribution in [0.3, 0.4) is 0 Å². The van der Waals surface area contributed by atoms with E-state index < -0.39 is 5.82 Å². The Morgan fingerprint density at radius 1 is 1.21 bits per heavy atom. The second-order valence-electron chi connectivity index (χ2n) is 6.21. The monoisotopic (exact) mass is 348 g/mol. The van der Waals surface area contributed by atoms with E-state index in [2.05, 4.69) is 5.32 Å². The lowest BCUT2D eigenvalue weighted by atomic mass is 10.0. The van der Waals surface area contributed by atoms with Gasteiger partial charge in [-0.25, -0.2) is 4.39 Å². The van der Waals surface area contributed by atoms with Crippen LogP contribution in [0.2, 0.25) is 0 Å². The van der Waals surface area contributed by atoms with Crippen molar-refractivity contribution in [2.75, 3.05) is 6.54 Å². The van der Waals surface area contributed by atoms with Crippen molar-refractivity contribution in [3.05, 3.63) is 59.4 Å². The van der Waals surface area contributed by atoms with E-state index in [9.17, 15) is 9.18 Å². The summed E-state index contributed by atoms with van der Waals surface area (Å²) in [5.74, 6) is -0.453. The van der Waals surface area contributed by atoms with E-state index in [0.717, 1.165) is 29.5 Å². The van der Waals surface area contributed by atoms with Gasteiger partial charge in [-0.1, -0.05) is 35.9 Å². The number of carbonyl (C=O) groups is 1. The van der Waals surface area contributed by atoms with Crippen LogP contribution in [0.15, 0.2) is 42.5 Å². The maximum Gasteiger partial charge on any atom is 0.254 e. The van der Waals surface area contributed by atoms with Gasteiger partial charge in [-0.05, 0) is 48.9 Å². The summed E-state index contributed by atoms with van der Waals surface area (Å²) in [7, 11) is 0. The van der Waals surface area contributed by atoms with E-state index in [1.807, 2.05) is 31.2 Å². The summed E-state index contributed by atoms with van der Waals surface area (Å²) >= 11 is 0. The van der Waals surface area contributed by atoms with E-state index in [1.54, 1.807) is 12.1 Å². The van der Waals surface area contributed by atoms with E-state index >= 15 is 0 Å². The molecule has 5 heteroatoms. The van der Waals surface area contributed by atoms with Crippen LogP contribution >= 0.6 is 12.4 Å². The summed E-state index contributed by atoms with van der Waals surface area (Å²) < 4.78 is 14.3. The van der Waals surface area contributed by atoms with Gasteiger partial charge in [0.15, 0.2) is 0 Å². The van der Waals surface area contributed by atoms with Crippen LogP contribution in [0.5, 0.6) is 0 Å². The van der Waals surface area contributed by atoms with Crippen molar-refractivity contribution in [3.63, 3.8) is 0 Å². The number of rotatable bonds is 5. The number of carbonyl (C=O) groups excluding carboxylic acids is 1. The molecule has 3 N–H and O–H groups in total. The van der Waals surface area contributed by atoms with Crippen molar-refractivity contribution < 1.29 is 9.18 Å². The molecule has 0 spiro atoms. The predicted octanol–water partition coefficient (Wildman–Crippen LogP) is 3.69. The highest BCUT2D eigenvalue weighted by atomic mass is 35.5. The molecule has 0 heterocycles. The van der Waals surface area contributed by atoms with Crippen molar-refractivity contribution in [2.45, 2.75) is 25.8 Å². The van der Waals surface area contributed by atoms with Crippen LogP contribution in [0.25, 0.3) is 11.1 Å². The highest BCUT2D eigenvalue weighted by molar-refractivity contribution is 5.95. The van der Waals surface area contributed by atoms with Gasteiger partial charge in [0.2, 0.25) is 0 Å². The lowest BCUT2D eigenvalue weighted by Gasteiger charge is -2.16.